The lowest BCUT2D eigenvalue weighted by Crippen LogP contribution is -2.30. The summed E-state index contributed by atoms with van der Waals surface area (Å²) in [6, 6.07) is 8.95. The first-order chi connectivity index (χ1) is 13.6. The fourth-order valence-electron chi connectivity index (χ4n) is 3.93. The summed E-state index contributed by atoms with van der Waals surface area (Å²) in [4.78, 5) is 22.5. The number of nitrogens with one attached hydrogen (secondary N) is 2. The number of carboxylic acids is 1. The number of hydrogen-bond acceptors (Lipinski definition) is 4. The number of thioether (sulfide) groups is 1. The number of carboxylic acid groups (broad SMARTS) is 1. The summed E-state index contributed by atoms with van der Waals surface area (Å²) in [6.45, 7) is 0. The first-order valence-electron chi connectivity index (χ1n) is 9.81. The molecule has 4 atom stereocenters. The Morgan fingerprint density at radius 2 is 1.96 bits per heavy atom. The quantitative estimate of drug-likeness (QED) is 0.246. The summed E-state index contributed by atoms with van der Waals surface area (Å²) < 4.78 is 0. The molecule has 2 bridgehead atoms. The largest absolute Gasteiger partial charge is 0.481 e. The van der Waals surface area contributed by atoms with E-state index in [1.807, 2.05) is 36.5 Å². The van der Waals surface area contributed by atoms with Crippen molar-refractivity contribution in [3.05, 3.63) is 42.5 Å². The Morgan fingerprint density at radius 1 is 1.18 bits per heavy atom. The molecule has 1 aromatic rings. The molecule has 2 saturated heterocycles. The predicted molar refractivity (Wildman–Crippen MR) is 114 cm³/mol. The van der Waals surface area contributed by atoms with Gasteiger partial charge in [-0.25, -0.2) is 10.2 Å². The Hall–Kier alpha value is -2.28. The number of unbranched alkanes of at least 4 members (excludes halogenated alkanes) is 1. The predicted octanol–water partition coefficient (Wildman–Crippen LogP) is 4.51. The fourth-order valence-corrected chi connectivity index (χ4v) is 5.87. The molecule has 3 rings (SSSR count). The van der Waals surface area contributed by atoms with E-state index in [0.717, 1.165) is 18.5 Å². The maximum absolute atomic E-state index is 12.0. The molecule has 7 heteroatoms. The van der Waals surface area contributed by atoms with Crippen LogP contribution in [0.15, 0.2) is 47.6 Å². The van der Waals surface area contributed by atoms with Gasteiger partial charge in [-0.2, -0.15) is 16.9 Å². The van der Waals surface area contributed by atoms with Gasteiger partial charge < -0.3 is 10.4 Å². The van der Waals surface area contributed by atoms with Crippen LogP contribution in [0.1, 0.15) is 38.5 Å². The molecule has 2 aliphatic heterocycles. The average molecular weight is 402 g/mol. The SMILES string of the molecule is O=C(O)CCC/C=C\C[C@H]1[C@@H](C=NNC(=O)Nc2ccccc2)[C@H]2CC[C@@H]1S2. The average Bonchev–Trinajstić information content (AvgIpc) is 3.27. The van der Waals surface area contributed by atoms with Crippen molar-refractivity contribution >= 4 is 35.7 Å². The van der Waals surface area contributed by atoms with Crippen LogP contribution in [0.25, 0.3) is 0 Å². The summed E-state index contributed by atoms with van der Waals surface area (Å²) in [7, 11) is 0. The molecule has 1 aromatic carbocycles. The van der Waals surface area contributed by atoms with E-state index in [9.17, 15) is 9.59 Å². The third-order valence-corrected chi connectivity index (χ3v) is 7.10. The monoisotopic (exact) mass is 401 g/mol. The third kappa shape index (κ3) is 5.86. The van der Waals surface area contributed by atoms with Crippen molar-refractivity contribution in [3.63, 3.8) is 0 Å². The lowest BCUT2D eigenvalue weighted by Gasteiger charge is -2.25. The fraction of sp³-hybridized carbons (Fsp3) is 0.476. The number of aliphatic carboxylic acids is 1. The van der Waals surface area contributed by atoms with Gasteiger partial charge in [-0.1, -0.05) is 30.4 Å². The molecule has 0 spiro atoms. The number of anilines is 1. The number of amides is 2. The van der Waals surface area contributed by atoms with Crippen molar-refractivity contribution in [3.8, 4) is 0 Å². The van der Waals surface area contributed by atoms with Gasteiger partial charge in [0.05, 0.1) is 0 Å². The number of hydrogen-bond donors (Lipinski definition) is 3. The Kier molecular flexibility index (Phi) is 7.54. The molecule has 0 aliphatic carbocycles. The van der Waals surface area contributed by atoms with E-state index in [-0.39, 0.29) is 12.5 Å². The maximum Gasteiger partial charge on any atom is 0.339 e. The Labute approximate surface area is 169 Å². The minimum Gasteiger partial charge on any atom is -0.481 e. The summed E-state index contributed by atoms with van der Waals surface area (Å²) in [5.74, 6) is 0.157. The standard InChI is InChI=1S/C21H27N3O3S/c25-20(26)11-7-2-1-6-10-16-17(19-13-12-18(16)28-19)14-22-24-21(27)23-15-8-4-3-5-9-15/h1,3-6,8-9,14,16-19H,2,7,10-13H2,(H,25,26)(H2,23,24,27)/b6-1-,22-14?/t16-,17+,18-,19+/m0/s1. The molecule has 0 unspecified atom stereocenters. The number of carbonyl (C=O) groups is 2. The molecule has 28 heavy (non-hydrogen) atoms. The zero-order valence-electron chi connectivity index (χ0n) is 15.8. The number of urea groups is 1. The number of nitrogens with zero attached hydrogens (tertiary/aromatic N) is 1. The molecular formula is C21H27N3O3S. The van der Waals surface area contributed by atoms with Gasteiger partial charge in [0.1, 0.15) is 0 Å². The second-order valence-electron chi connectivity index (χ2n) is 7.23. The van der Waals surface area contributed by atoms with E-state index in [1.165, 1.54) is 12.8 Å². The molecule has 2 aliphatic rings. The van der Waals surface area contributed by atoms with E-state index in [2.05, 4.69) is 39.8 Å². The summed E-state index contributed by atoms with van der Waals surface area (Å²) >= 11 is 2.05. The van der Waals surface area contributed by atoms with E-state index in [0.29, 0.717) is 28.8 Å². The van der Waals surface area contributed by atoms with Gasteiger partial charge >= 0.3 is 12.0 Å². The zero-order chi connectivity index (χ0) is 19.8. The molecule has 0 aromatic heterocycles. The number of benzene rings is 1. The number of rotatable bonds is 9. The Morgan fingerprint density at radius 3 is 2.75 bits per heavy atom. The molecule has 2 fully saturated rings. The van der Waals surface area contributed by atoms with Gasteiger partial charge in [-0.15, -0.1) is 0 Å². The highest BCUT2D eigenvalue weighted by atomic mass is 32.2. The molecule has 150 valence electrons. The Bertz CT molecular complexity index is 723. The topological polar surface area (TPSA) is 90.8 Å². The molecule has 6 nitrogen and oxygen atoms in total. The minimum atomic E-state index is -0.738. The van der Waals surface area contributed by atoms with Crippen molar-refractivity contribution in [2.24, 2.45) is 16.9 Å². The second-order valence-corrected chi connectivity index (χ2v) is 8.72. The number of carbonyl (C=O) groups excluding carboxylic acids is 1. The highest BCUT2D eigenvalue weighted by Crippen LogP contribution is 2.53. The summed E-state index contributed by atoms with van der Waals surface area (Å²) in [5.41, 5.74) is 3.30. The molecule has 3 N–H and O–H groups in total. The van der Waals surface area contributed by atoms with Crippen LogP contribution in [-0.4, -0.2) is 33.8 Å². The molecule has 0 radical (unpaired) electrons. The smallest absolute Gasteiger partial charge is 0.339 e. The number of fused-ring (bicyclic) bond motifs is 2. The van der Waals surface area contributed by atoms with E-state index in [4.69, 9.17) is 5.11 Å². The first kappa shape index (κ1) is 20.5. The lowest BCUT2D eigenvalue weighted by atomic mass is 9.78. The van der Waals surface area contributed by atoms with Gasteiger partial charge in [0, 0.05) is 34.7 Å². The van der Waals surface area contributed by atoms with Gasteiger partial charge in [-0.05, 0) is 50.2 Å². The molecule has 2 amide bonds. The number of para-hydroxylation sites is 1. The van der Waals surface area contributed by atoms with Crippen molar-refractivity contribution in [2.45, 2.75) is 49.0 Å². The highest BCUT2D eigenvalue weighted by Gasteiger charge is 2.46. The van der Waals surface area contributed by atoms with Crippen molar-refractivity contribution < 1.29 is 14.7 Å². The first-order valence-corrected chi connectivity index (χ1v) is 10.8. The van der Waals surface area contributed by atoms with E-state index in [1.54, 1.807) is 0 Å². The van der Waals surface area contributed by atoms with Gasteiger partial charge in [0.15, 0.2) is 0 Å². The van der Waals surface area contributed by atoms with Crippen LogP contribution in [-0.2, 0) is 4.79 Å². The molecular weight excluding hydrogens is 374 g/mol. The van der Waals surface area contributed by atoms with E-state index < -0.39 is 5.97 Å². The summed E-state index contributed by atoms with van der Waals surface area (Å²) in [6.07, 6.45) is 11.3. The lowest BCUT2D eigenvalue weighted by molar-refractivity contribution is -0.137. The molecule has 0 saturated carbocycles. The normalized spacial score (nSPS) is 26.1. The van der Waals surface area contributed by atoms with Crippen LogP contribution in [0.3, 0.4) is 0 Å². The van der Waals surface area contributed by atoms with Gasteiger partial charge in [0.2, 0.25) is 0 Å². The third-order valence-electron chi connectivity index (χ3n) is 5.27. The van der Waals surface area contributed by atoms with Crippen LogP contribution < -0.4 is 10.7 Å². The number of hydrazone groups is 1. The maximum atomic E-state index is 12.0. The van der Waals surface area contributed by atoms with Crippen molar-refractivity contribution in [1.29, 1.82) is 0 Å². The number of allylic oxidation sites excluding steroid dienone is 2. The Balaban J connectivity index is 1.46. The van der Waals surface area contributed by atoms with Crippen molar-refractivity contribution in [2.75, 3.05) is 5.32 Å². The van der Waals surface area contributed by atoms with Gasteiger partial charge in [0.25, 0.3) is 0 Å². The van der Waals surface area contributed by atoms with Crippen LogP contribution >= 0.6 is 11.8 Å². The van der Waals surface area contributed by atoms with Gasteiger partial charge in [-0.3, -0.25) is 4.79 Å². The molecule has 2 heterocycles. The van der Waals surface area contributed by atoms with Crippen molar-refractivity contribution in [1.82, 2.24) is 5.43 Å². The van der Waals surface area contributed by atoms with Crippen LogP contribution in [0, 0.1) is 11.8 Å². The summed E-state index contributed by atoms with van der Waals surface area (Å²) in [5, 5.41) is 16.9. The highest BCUT2D eigenvalue weighted by molar-refractivity contribution is 8.01. The van der Waals surface area contributed by atoms with Crippen LogP contribution in [0.5, 0.6) is 0 Å². The zero-order valence-corrected chi connectivity index (χ0v) is 16.6. The van der Waals surface area contributed by atoms with Crippen LogP contribution in [0.2, 0.25) is 0 Å². The minimum absolute atomic E-state index is 0.223. The van der Waals surface area contributed by atoms with Crippen LogP contribution in [0.4, 0.5) is 10.5 Å². The second kappa shape index (κ2) is 10.3. The van der Waals surface area contributed by atoms with E-state index >= 15 is 0 Å².